The molecule has 3 aliphatic heterocycles. The Bertz CT molecular complexity index is 1430. The van der Waals surface area contributed by atoms with E-state index in [1.165, 1.54) is 31.9 Å². The standard InChI is InChI=1S/C30H39FN4O2S/c1-19(2)35-23-7-8-24(35)18-25(17-23)34-13-11-20(12-14-34)22-15-27(31)29-28(16-22)33(3)30(32-29)21-5-9-26(10-6-21)38(4,36)37/h5-6,9-10,15-16,19-20,23-25H,7-8,11-14,17-18H2,1-4H3. The number of sulfone groups is 1. The van der Waals surface area contributed by atoms with Gasteiger partial charge in [0.05, 0.1) is 10.4 Å². The summed E-state index contributed by atoms with van der Waals surface area (Å²) in [5.74, 6) is 0.700. The Kier molecular flexibility index (Phi) is 6.64. The molecule has 2 bridgehead atoms. The van der Waals surface area contributed by atoms with E-state index in [1.54, 1.807) is 30.3 Å². The molecule has 3 fully saturated rings. The molecule has 3 aromatic rings. The van der Waals surface area contributed by atoms with E-state index in [1.807, 2.05) is 11.6 Å². The summed E-state index contributed by atoms with van der Waals surface area (Å²) < 4.78 is 40.9. The quantitative estimate of drug-likeness (QED) is 0.437. The van der Waals surface area contributed by atoms with Gasteiger partial charge in [0.2, 0.25) is 0 Å². The van der Waals surface area contributed by atoms with Crippen molar-refractivity contribution in [2.24, 2.45) is 7.05 Å². The molecule has 0 spiro atoms. The molecular weight excluding hydrogens is 499 g/mol. The second kappa shape index (κ2) is 9.72. The van der Waals surface area contributed by atoms with Gasteiger partial charge < -0.3 is 9.47 Å². The van der Waals surface area contributed by atoms with E-state index < -0.39 is 9.84 Å². The number of fused-ring (bicyclic) bond motifs is 3. The number of rotatable bonds is 5. The predicted octanol–water partition coefficient (Wildman–Crippen LogP) is 5.37. The van der Waals surface area contributed by atoms with Gasteiger partial charge in [-0.1, -0.05) is 0 Å². The van der Waals surface area contributed by atoms with Crippen LogP contribution in [0.3, 0.4) is 0 Å². The van der Waals surface area contributed by atoms with E-state index in [4.69, 9.17) is 0 Å². The molecule has 3 saturated heterocycles. The van der Waals surface area contributed by atoms with Crippen molar-refractivity contribution in [1.82, 2.24) is 19.4 Å². The molecule has 38 heavy (non-hydrogen) atoms. The van der Waals surface area contributed by atoms with Crippen molar-refractivity contribution < 1.29 is 12.8 Å². The van der Waals surface area contributed by atoms with Crippen LogP contribution in [0.15, 0.2) is 41.3 Å². The van der Waals surface area contributed by atoms with Crippen molar-refractivity contribution in [3.8, 4) is 11.4 Å². The van der Waals surface area contributed by atoms with E-state index >= 15 is 4.39 Å². The summed E-state index contributed by atoms with van der Waals surface area (Å²) in [4.78, 5) is 10.3. The van der Waals surface area contributed by atoms with Gasteiger partial charge in [0, 0.05) is 43.0 Å². The lowest BCUT2D eigenvalue weighted by atomic mass is 9.86. The molecule has 0 radical (unpaired) electrons. The molecule has 204 valence electrons. The first-order valence-electron chi connectivity index (χ1n) is 14.1. The number of aryl methyl sites for hydroxylation is 1. The summed E-state index contributed by atoms with van der Waals surface area (Å²) in [7, 11) is -1.37. The molecule has 2 aromatic carbocycles. The molecule has 1 aromatic heterocycles. The van der Waals surface area contributed by atoms with Gasteiger partial charge in [-0.05, 0) is 113 Å². The van der Waals surface area contributed by atoms with Gasteiger partial charge in [-0.25, -0.2) is 17.8 Å². The first-order chi connectivity index (χ1) is 18.1. The minimum absolute atomic E-state index is 0.262. The SMILES string of the molecule is CC(C)N1C2CCC1CC(N1CCC(c3cc(F)c4nc(-c5ccc(S(C)(=O)=O)cc5)n(C)c4c3)CC1)C2. The van der Waals surface area contributed by atoms with Crippen molar-refractivity contribution in [1.29, 1.82) is 0 Å². The van der Waals surface area contributed by atoms with Crippen molar-refractivity contribution in [3.05, 3.63) is 47.8 Å². The van der Waals surface area contributed by atoms with Crippen LogP contribution >= 0.6 is 0 Å². The van der Waals surface area contributed by atoms with Crippen LogP contribution in [0, 0.1) is 5.82 Å². The molecule has 2 atom stereocenters. The molecule has 0 N–H and O–H groups in total. The lowest BCUT2D eigenvalue weighted by Gasteiger charge is -2.46. The fraction of sp³-hybridized carbons (Fsp3) is 0.567. The van der Waals surface area contributed by atoms with Crippen LogP contribution in [0.25, 0.3) is 22.4 Å². The Morgan fingerprint density at radius 2 is 1.58 bits per heavy atom. The number of imidazole rings is 1. The van der Waals surface area contributed by atoms with Crippen LogP contribution in [0.1, 0.15) is 63.9 Å². The fourth-order valence-corrected chi connectivity index (χ4v) is 8.17. The summed E-state index contributed by atoms with van der Waals surface area (Å²) in [6.45, 7) is 6.85. The minimum Gasteiger partial charge on any atom is -0.327 e. The number of likely N-dealkylation sites (tertiary alicyclic amines) is 1. The molecule has 3 aliphatic rings. The molecule has 0 saturated carbocycles. The zero-order valence-corrected chi connectivity index (χ0v) is 23.7. The number of nitrogens with zero attached hydrogens (tertiary/aromatic N) is 4. The number of hydrogen-bond donors (Lipinski definition) is 0. The summed E-state index contributed by atoms with van der Waals surface area (Å²) in [6.07, 6.45) is 8.60. The monoisotopic (exact) mass is 538 g/mol. The van der Waals surface area contributed by atoms with E-state index in [-0.39, 0.29) is 10.7 Å². The summed E-state index contributed by atoms with van der Waals surface area (Å²) in [6, 6.07) is 13.3. The highest BCUT2D eigenvalue weighted by Crippen LogP contribution is 2.41. The van der Waals surface area contributed by atoms with E-state index in [9.17, 15) is 8.42 Å². The second-order valence-electron chi connectivity index (χ2n) is 12.0. The van der Waals surface area contributed by atoms with Crippen molar-refractivity contribution in [2.45, 2.75) is 87.4 Å². The summed E-state index contributed by atoms with van der Waals surface area (Å²) in [5.41, 5.74) is 2.97. The lowest BCUT2D eigenvalue weighted by molar-refractivity contribution is 0.0298. The minimum atomic E-state index is -3.27. The van der Waals surface area contributed by atoms with Crippen LogP contribution in [0.4, 0.5) is 4.39 Å². The number of piperidine rings is 2. The van der Waals surface area contributed by atoms with Crippen molar-refractivity contribution in [2.75, 3.05) is 19.3 Å². The summed E-state index contributed by atoms with van der Waals surface area (Å²) >= 11 is 0. The average Bonchev–Trinajstić information content (AvgIpc) is 3.37. The maximum atomic E-state index is 15.3. The van der Waals surface area contributed by atoms with Gasteiger partial charge in [0.25, 0.3) is 0 Å². The first-order valence-corrected chi connectivity index (χ1v) is 16.0. The smallest absolute Gasteiger partial charge is 0.175 e. The highest BCUT2D eigenvalue weighted by molar-refractivity contribution is 7.90. The Hall–Kier alpha value is -2.29. The Morgan fingerprint density at radius 1 is 0.947 bits per heavy atom. The van der Waals surface area contributed by atoms with Crippen LogP contribution in [0.5, 0.6) is 0 Å². The molecule has 4 heterocycles. The third-order valence-corrected chi connectivity index (χ3v) is 10.5. The van der Waals surface area contributed by atoms with Crippen LogP contribution in [0.2, 0.25) is 0 Å². The van der Waals surface area contributed by atoms with Gasteiger partial charge in [-0.2, -0.15) is 0 Å². The van der Waals surface area contributed by atoms with Crippen LogP contribution in [-0.2, 0) is 16.9 Å². The van der Waals surface area contributed by atoms with Gasteiger partial charge >= 0.3 is 0 Å². The normalized spacial score (nSPS) is 25.6. The van der Waals surface area contributed by atoms with Gasteiger partial charge in [-0.15, -0.1) is 0 Å². The number of hydrogen-bond acceptors (Lipinski definition) is 5. The van der Waals surface area contributed by atoms with Crippen LogP contribution < -0.4 is 0 Å². The fourth-order valence-electron chi connectivity index (χ4n) is 7.54. The maximum absolute atomic E-state index is 15.3. The largest absolute Gasteiger partial charge is 0.327 e. The van der Waals surface area contributed by atoms with Crippen molar-refractivity contribution in [3.63, 3.8) is 0 Å². The first kappa shape index (κ1) is 26.0. The highest BCUT2D eigenvalue weighted by Gasteiger charge is 2.43. The zero-order chi connectivity index (χ0) is 26.8. The number of halogens is 1. The van der Waals surface area contributed by atoms with Gasteiger partial charge in [0.1, 0.15) is 11.3 Å². The third-order valence-electron chi connectivity index (χ3n) is 9.38. The molecule has 0 amide bonds. The Morgan fingerprint density at radius 3 is 2.16 bits per heavy atom. The Labute approximate surface area is 225 Å². The molecular formula is C30H39FN4O2S. The van der Waals surface area contributed by atoms with Crippen molar-refractivity contribution >= 4 is 20.9 Å². The average molecular weight is 539 g/mol. The number of benzene rings is 2. The molecule has 2 unspecified atom stereocenters. The predicted molar refractivity (Wildman–Crippen MR) is 150 cm³/mol. The van der Waals surface area contributed by atoms with Crippen LogP contribution in [-0.4, -0.2) is 71.3 Å². The molecule has 8 heteroatoms. The highest BCUT2D eigenvalue weighted by atomic mass is 32.2. The van der Waals surface area contributed by atoms with Gasteiger partial charge in [-0.3, -0.25) is 4.90 Å². The molecule has 0 aliphatic carbocycles. The number of aromatic nitrogens is 2. The Balaban J connectivity index is 1.18. The van der Waals surface area contributed by atoms with E-state index in [0.29, 0.717) is 29.3 Å². The maximum Gasteiger partial charge on any atom is 0.175 e. The zero-order valence-electron chi connectivity index (χ0n) is 22.9. The van der Waals surface area contributed by atoms with Gasteiger partial charge in [0.15, 0.2) is 15.7 Å². The molecule has 6 nitrogen and oxygen atoms in total. The summed E-state index contributed by atoms with van der Waals surface area (Å²) in [5, 5.41) is 0. The lowest BCUT2D eigenvalue weighted by Crippen LogP contribution is -2.53. The topological polar surface area (TPSA) is 58.4 Å². The third kappa shape index (κ3) is 4.58. The van der Waals surface area contributed by atoms with E-state index in [0.717, 1.165) is 54.7 Å². The second-order valence-corrected chi connectivity index (χ2v) is 14.0. The van der Waals surface area contributed by atoms with E-state index in [2.05, 4.69) is 34.7 Å². The molecule has 6 rings (SSSR count).